The lowest BCUT2D eigenvalue weighted by molar-refractivity contribution is -0.0495. The Hall–Kier alpha value is -4.19. The molecule has 0 aliphatic heterocycles. The summed E-state index contributed by atoms with van der Waals surface area (Å²) in [5, 5.41) is 24.0. The summed E-state index contributed by atoms with van der Waals surface area (Å²) in [6.07, 6.45) is -8.46. The molecule has 0 radical (unpaired) electrons. The Morgan fingerprint density at radius 1 is 1.17 bits per heavy atom. The molecule has 0 spiro atoms. The first kappa shape index (κ1) is 29.3. The molecule has 0 aromatic carbocycles. The minimum absolute atomic E-state index is 0.0275. The molecule has 226 valence electrons. The molecule has 1 N–H and O–H groups in total. The highest BCUT2D eigenvalue weighted by molar-refractivity contribution is 5.93. The summed E-state index contributed by atoms with van der Waals surface area (Å²) in [5.74, 6) is -5.97. The lowest BCUT2D eigenvalue weighted by Gasteiger charge is -2.33. The molecule has 0 bridgehead atoms. The number of nitrogens with one attached hydrogen (secondary N) is 1. The number of hydrogen-bond acceptors (Lipinski definition) is 9. The van der Waals surface area contributed by atoms with E-state index >= 15 is 0 Å². The van der Waals surface area contributed by atoms with Crippen molar-refractivity contribution in [2.75, 3.05) is 0 Å². The summed E-state index contributed by atoms with van der Waals surface area (Å²) < 4.78 is 101. The zero-order chi connectivity index (χ0) is 30.2. The molecule has 1 unspecified atom stereocenters. The molecule has 4 aromatic heterocycles. The van der Waals surface area contributed by atoms with Crippen LogP contribution < -0.4 is 5.32 Å². The molecule has 1 aliphatic carbocycles. The van der Waals surface area contributed by atoms with E-state index < -0.39 is 73.9 Å². The number of carbonyl (C=O) groups is 1. The fraction of sp³-hybridized carbons (Fsp3) is 0.565. The monoisotopic (exact) mass is 604 g/mol. The zero-order valence-corrected chi connectivity index (χ0v) is 21.7. The third kappa shape index (κ3) is 6.03. The molecule has 4 aromatic rings. The van der Waals surface area contributed by atoms with E-state index in [-0.39, 0.29) is 45.8 Å². The van der Waals surface area contributed by atoms with E-state index in [1.54, 1.807) is 0 Å². The number of fused-ring (bicyclic) bond motifs is 1. The fourth-order valence-electron chi connectivity index (χ4n) is 5.01. The molecule has 1 amide bonds. The van der Waals surface area contributed by atoms with Crippen LogP contribution in [0.2, 0.25) is 0 Å². The second kappa shape index (κ2) is 11.6. The van der Waals surface area contributed by atoms with Crippen LogP contribution in [0.3, 0.4) is 0 Å². The minimum Gasteiger partial charge on any atom is -0.342 e. The number of rotatable bonds is 10. The van der Waals surface area contributed by atoms with Crippen LogP contribution in [0, 0.1) is 12.8 Å². The van der Waals surface area contributed by atoms with Gasteiger partial charge >= 0.3 is 0 Å². The quantitative estimate of drug-likeness (QED) is 0.263. The van der Waals surface area contributed by atoms with Crippen LogP contribution in [0.5, 0.6) is 0 Å². The van der Waals surface area contributed by atoms with E-state index in [0.29, 0.717) is 0 Å². The van der Waals surface area contributed by atoms with Crippen molar-refractivity contribution >= 4 is 11.6 Å². The lowest BCUT2D eigenvalue weighted by atomic mass is 9.81. The molecular weight excluding hydrogens is 581 g/mol. The maximum absolute atomic E-state index is 14.1. The Balaban J connectivity index is 1.50. The Bertz CT molecular complexity index is 1530. The van der Waals surface area contributed by atoms with Gasteiger partial charge in [0.15, 0.2) is 17.2 Å². The first-order valence-corrected chi connectivity index (χ1v) is 12.7. The molecule has 1 saturated carbocycles. The maximum Gasteiger partial charge on any atom is 0.289 e. The number of halogens is 7. The molecule has 12 nitrogen and oxygen atoms in total. The van der Waals surface area contributed by atoms with E-state index in [0.717, 1.165) is 6.20 Å². The van der Waals surface area contributed by atoms with Gasteiger partial charge in [-0.1, -0.05) is 5.16 Å². The Labute approximate surface area is 231 Å². The van der Waals surface area contributed by atoms with Gasteiger partial charge in [-0.05, 0) is 52.9 Å². The normalized spacial score (nSPS) is 18.0. The predicted molar refractivity (Wildman–Crippen MR) is 126 cm³/mol. The summed E-state index contributed by atoms with van der Waals surface area (Å²) in [6, 6.07) is 0.440. The number of carbonyl (C=O) groups excluding carboxylic acids is 1. The van der Waals surface area contributed by atoms with Gasteiger partial charge < -0.3 is 5.32 Å². The van der Waals surface area contributed by atoms with Crippen LogP contribution in [0.4, 0.5) is 30.7 Å². The summed E-state index contributed by atoms with van der Waals surface area (Å²) in [6.45, 7) is 1.50. The van der Waals surface area contributed by atoms with Crippen LogP contribution in [0.25, 0.3) is 5.65 Å². The van der Waals surface area contributed by atoms with Gasteiger partial charge in [-0.3, -0.25) is 4.79 Å². The predicted octanol–water partition coefficient (Wildman–Crippen LogP) is 4.22. The van der Waals surface area contributed by atoms with Gasteiger partial charge in [-0.2, -0.15) is 9.78 Å². The van der Waals surface area contributed by atoms with Crippen molar-refractivity contribution in [3.8, 4) is 0 Å². The van der Waals surface area contributed by atoms with Crippen LogP contribution in [0.1, 0.15) is 83.6 Å². The first-order chi connectivity index (χ1) is 19.9. The van der Waals surface area contributed by atoms with Crippen LogP contribution >= 0.6 is 0 Å². The largest absolute Gasteiger partial charge is 0.342 e. The molecule has 19 heteroatoms. The third-order valence-electron chi connectivity index (χ3n) is 7.15. The van der Waals surface area contributed by atoms with Crippen molar-refractivity contribution in [2.24, 2.45) is 5.92 Å². The van der Waals surface area contributed by atoms with Gasteiger partial charge in [-0.15, -0.1) is 5.10 Å². The average Bonchev–Trinajstić information content (AvgIpc) is 3.69. The first-order valence-electron chi connectivity index (χ1n) is 12.7. The number of amides is 1. The second-order valence-corrected chi connectivity index (χ2v) is 9.97. The van der Waals surface area contributed by atoms with Gasteiger partial charge in [0.25, 0.3) is 18.6 Å². The lowest BCUT2D eigenvalue weighted by Crippen LogP contribution is -2.37. The molecule has 42 heavy (non-hydrogen) atoms. The Morgan fingerprint density at radius 3 is 2.55 bits per heavy atom. The molecule has 4 heterocycles. The van der Waals surface area contributed by atoms with Crippen molar-refractivity contribution in [3.63, 3.8) is 0 Å². The summed E-state index contributed by atoms with van der Waals surface area (Å²) in [7, 11) is 0. The standard InChI is InChI=1S/C23H23F7N10O2/c1-10-17(36-42-35-10)22(41)33-18(11-2-4-23(29,30)5-3-11)14-9-39-16(32-14)6-12(8-31-39)13(7-15(24)25)21-34-37-38-40(21)20(28)19(26)27/h6,8-9,11,13,15,18-20H,2-5,7H2,1H3,(H,33,41)/t13-,18-,20?/m0/s1. The minimum atomic E-state index is -3.52. The third-order valence-corrected chi connectivity index (χ3v) is 7.15. The Kier molecular flexibility index (Phi) is 8.09. The number of nitrogens with zero attached hydrogens (tertiary/aromatic N) is 9. The fourth-order valence-corrected chi connectivity index (χ4v) is 5.01. The van der Waals surface area contributed by atoms with Crippen molar-refractivity contribution in [3.05, 3.63) is 46.9 Å². The number of imidazole rings is 1. The topological polar surface area (TPSA) is 142 Å². The van der Waals surface area contributed by atoms with Gasteiger partial charge in [0.1, 0.15) is 5.69 Å². The highest BCUT2D eigenvalue weighted by Gasteiger charge is 2.40. The summed E-state index contributed by atoms with van der Waals surface area (Å²) >= 11 is 0. The smallest absolute Gasteiger partial charge is 0.289 e. The number of aromatic nitrogens is 9. The Morgan fingerprint density at radius 2 is 1.90 bits per heavy atom. The van der Waals surface area contributed by atoms with Gasteiger partial charge in [0.05, 0.1) is 30.0 Å². The van der Waals surface area contributed by atoms with Crippen molar-refractivity contribution in [1.29, 1.82) is 0 Å². The summed E-state index contributed by atoms with van der Waals surface area (Å²) in [5.41, 5.74) is 0.449. The van der Waals surface area contributed by atoms with Crippen LogP contribution in [0.15, 0.2) is 23.1 Å². The van der Waals surface area contributed by atoms with Crippen LogP contribution in [-0.2, 0) is 0 Å². The molecule has 1 aliphatic rings. The zero-order valence-electron chi connectivity index (χ0n) is 21.7. The number of hydrogen-bond donors (Lipinski definition) is 1. The van der Waals surface area contributed by atoms with E-state index in [9.17, 15) is 35.5 Å². The number of tetrazole rings is 1. The van der Waals surface area contributed by atoms with Crippen LogP contribution in [-0.4, -0.2) is 69.8 Å². The highest BCUT2D eigenvalue weighted by atomic mass is 19.3. The number of alkyl halides is 7. The van der Waals surface area contributed by atoms with E-state index in [1.807, 2.05) is 0 Å². The van der Waals surface area contributed by atoms with E-state index in [2.05, 4.69) is 45.9 Å². The molecule has 3 atom stereocenters. The molecule has 0 saturated heterocycles. The van der Waals surface area contributed by atoms with E-state index in [1.165, 1.54) is 23.7 Å². The second-order valence-electron chi connectivity index (χ2n) is 9.97. The van der Waals surface area contributed by atoms with Crippen molar-refractivity contribution in [2.45, 2.75) is 76.1 Å². The SMILES string of the molecule is Cc1nonc1C(=O)N[C@H](c1cn2ncc([C@H](CC(F)F)c3nnnn3C(F)C(F)F)cc2n1)C1CCC(F)(F)CC1. The van der Waals surface area contributed by atoms with Gasteiger partial charge in [0.2, 0.25) is 12.3 Å². The maximum atomic E-state index is 14.1. The van der Waals surface area contributed by atoms with Gasteiger partial charge in [-0.25, -0.2) is 44.9 Å². The number of aryl methyl sites for hydroxylation is 1. The molecule has 5 rings (SSSR count). The summed E-state index contributed by atoms with van der Waals surface area (Å²) in [4.78, 5) is 17.4. The average molecular weight is 604 g/mol. The molecular formula is C23H23F7N10O2. The molecule has 1 fully saturated rings. The van der Waals surface area contributed by atoms with E-state index in [4.69, 9.17) is 0 Å². The van der Waals surface area contributed by atoms with Crippen molar-refractivity contribution < 1.29 is 40.2 Å². The van der Waals surface area contributed by atoms with Crippen molar-refractivity contribution in [1.82, 2.24) is 50.4 Å². The van der Waals surface area contributed by atoms with Gasteiger partial charge in [0, 0.05) is 19.3 Å². The highest BCUT2D eigenvalue weighted by Crippen LogP contribution is 2.41.